The molecule has 0 aliphatic carbocycles. The molecule has 0 bridgehead atoms. The molecule has 1 aromatic rings. The Morgan fingerprint density at radius 2 is 1.88 bits per heavy atom. The zero-order valence-electron chi connectivity index (χ0n) is 13.2. The Bertz CT molecular complexity index is 704. The third-order valence-electron chi connectivity index (χ3n) is 3.87. The van der Waals surface area contributed by atoms with Crippen molar-refractivity contribution in [3.63, 3.8) is 0 Å². The average Bonchev–Trinajstić information content (AvgIpc) is 2.88. The van der Waals surface area contributed by atoms with Crippen LogP contribution in [0.5, 0.6) is 0 Å². The summed E-state index contributed by atoms with van der Waals surface area (Å²) in [6, 6.07) is 4.76. The van der Waals surface area contributed by atoms with Gasteiger partial charge in [-0.15, -0.1) is 0 Å². The standard InChI is InChI=1S/C15H19F3N2O4S/c16-15(17,18)9-25(23,24)12-3-1-10(2-4-12)5-14(22)20-7-11-6-19-8-13(11)21/h1-4,11,13,19,21H,5-9H2,(H,20,22). The van der Waals surface area contributed by atoms with E-state index < -0.39 is 32.8 Å². The molecule has 140 valence electrons. The van der Waals surface area contributed by atoms with Crippen LogP contribution in [-0.4, -0.2) is 57.1 Å². The van der Waals surface area contributed by atoms with Crippen LogP contribution < -0.4 is 10.6 Å². The summed E-state index contributed by atoms with van der Waals surface area (Å²) in [5, 5.41) is 15.3. The predicted molar refractivity (Wildman–Crippen MR) is 83.6 cm³/mol. The molecule has 1 aliphatic heterocycles. The zero-order valence-corrected chi connectivity index (χ0v) is 14.0. The van der Waals surface area contributed by atoms with Crippen LogP contribution in [0.2, 0.25) is 0 Å². The smallest absolute Gasteiger partial charge is 0.391 e. The number of nitrogens with one attached hydrogen (secondary N) is 2. The molecular formula is C15H19F3N2O4S. The van der Waals surface area contributed by atoms with Crippen LogP contribution in [0.3, 0.4) is 0 Å². The number of benzene rings is 1. The van der Waals surface area contributed by atoms with Gasteiger partial charge in [-0.25, -0.2) is 8.42 Å². The highest BCUT2D eigenvalue weighted by molar-refractivity contribution is 7.91. The normalized spacial score (nSPS) is 21.3. The lowest BCUT2D eigenvalue weighted by Gasteiger charge is -2.14. The molecule has 3 N–H and O–H groups in total. The van der Waals surface area contributed by atoms with Gasteiger partial charge in [0.1, 0.15) is 0 Å². The largest absolute Gasteiger partial charge is 0.403 e. The Hall–Kier alpha value is -1.65. The first-order valence-electron chi connectivity index (χ1n) is 7.61. The van der Waals surface area contributed by atoms with Gasteiger partial charge in [0.2, 0.25) is 5.91 Å². The molecule has 0 aromatic heterocycles. The van der Waals surface area contributed by atoms with E-state index >= 15 is 0 Å². The van der Waals surface area contributed by atoms with Crippen LogP contribution >= 0.6 is 0 Å². The lowest BCUT2D eigenvalue weighted by molar-refractivity contribution is -0.120. The summed E-state index contributed by atoms with van der Waals surface area (Å²) in [6.07, 6.45) is -5.36. The number of sulfone groups is 1. The maximum Gasteiger partial charge on any atom is 0.403 e. The van der Waals surface area contributed by atoms with Gasteiger partial charge in [0, 0.05) is 25.6 Å². The SMILES string of the molecule is O=C(Cc1ccc(S(=O)(=O)CC(F)(F)F)cc1)NCC1CNCC1O. The van der Waals surface area contributed by atoms with Crippen molar-refractivity contribution in [1.82, 2.24) is 10.6 Å². The first-order chi connectivity index (χ1) is 11.6. The number of halogens is 3. The fourth-order valence-corrected chi connectivity index (χ4v) is 3.68. The molecule has 1 amide bonds. The molecule has 6 nitrogen and oxygen atoms in total. The molecular weight excluding hydrogens is 361 g/mol. The number of carbonyl (C=O) groups excluding carboxylic acids is 1. The molecule has 0 spiro atoms. The maximum atomic E-state index is 12.3. The molecule has 0 saturated carbocycles. The van der Waals surface area contributed by atoms with Gasteiger partial charge in [-0.2, -0.15) is 13.2 Å². The van der Waals surface area contributed by atoms with Gasteiger partial charge >= 0.3 is 6.18 Å². The molecule has 25 heavy (non-hydrogen) atoms. The van der Waals surface area contributed by atoms with Crippen molar-refractivity contribution < 1.29 is 31.5 Å². The molecule has 2 unspecified atom stereocenters. The van der Waals surface area contributed by atoms with Crippen molar-refractivity contribution in [2.75, 3.05) is 25.4 Å². The lowest BCUT2D eigenvalue weighted by Crippen LogP contribution is -2.35. The number of hydrogen-bond acceptors (Lipinski definition) is 5. The van der Waals surface area contributed by atoms with Gasteiger partial charge < -0.3 is 15.7 Å². The van der Waals surface area contributed by atoms with E-state index in [0.29, 0.717) is 25.2 Å². The van der Waals surface area contributed by atoms with Crippen molar-refractivity contribution in [3.05, 3.63) is 29.8 Å². The quantitative estimate of drug-likeness (QED) is 0.658. The van der Waals surface area contributed by atoms with Crippen LogP contribution in [0.4, 0.5) is 13.2 Å². The Morgan fingerprint density at radius 3 is 2.40 bits per heavy atom. The minimum Gasteiger partial charge on any atom is -0.391 e. The second-order valence-corrected chi connectivity index (χ2v) is 7.97. The van der Waals surface area contributed by atoms with E-state index in [-0.39, 0.29) is 18.2 Å². The number of carbonyl (C=O) groups is 1. The second-order valence-electron chi connectivity index (χ2n) is 5.98. The van der Waals surface area contributed by atoms with Crippen molar-refractivity contribution in [2.45, 2.75) is 23.6 Å². The van der Waals surface area contributed by atoms with Crippen LogP contribution in [0.25, 0.3) is 0 Å². The van der Waals surface area contributed by atoms with Crippen LogP contribution in [0.1, 0.15) is 5.56 Å². The Labute approximate surface area is 143 Å². The number of amides is 1. The number of rotatable bonds is 6. The van der Waals surface area contributed by atoms with E-state index in [1.807, 2.05) is 0 Å². The van der Waals surface area contributed by atoms with E-state index in [0.717, 1.165) is 12.1 Å². The molecule has 1 heterocycles. The van der Waals surface area contributed by atoms with Gasteiger partial charge in [-0.05, 0) is 17.7 Å². The van der Waals surface area contributed by atoms with Gasteiger partial charge in [0.15, 0.2) is 15.6 Å². The fraction of sp³-hybridized carbons (Fsp3) is 0.533. The van der Waals surface area contributed by atoms with Crippen molar-refractivity contribution >= 4 is 15.7 Å². The van der Waals surface area contributed by atoms with Gasteiger partial charge in [0.05, 0.1) is 17.4 Å². The van der Waals surface area contributed by atoms with Crippen molar-refractivity contribution in [3.8, 4) is 0 Å². The van der Waals surface area contributed by atoms with Crippen molar-refractivity contribution in [2.24, 2.45) is 5.92 Å². The molecule has 0 radical (unpaired) electrons. The van der Waals surface area contributed by atoms with E-state index in [1.54, 1.807) is 0 Å². The number of alkyl halides is 3. The van der Waals surface area contributed by atoms with Gasteiger partial charge in [-0.1, -0.05) is 12.1 Å². The molecule has 1 aliphatic rings. The Balaban J connectivity index is 1.90. The Kier molecular flexibility index (Phi) is 6.07. The van der Waals surface area contributed by atoms with Gasteiger partial charge in [0.25, 0.3) is 0 Å². The number of hydrogen-bond donors (Lipinski definition) is 3. The Morgan fingerprint density at radius 1 is 1.24 bits per heavy atom. The number of β-amino-alcohol motifs (C(OH)–C–C–N with tert-alkyl or cyclic N) is 1. The first-order valence-corrected chi connectivity index (χ1v) is 9.26. The number of aliphatic hydroxyl groups is 1. The highest BCUT2D eigenvalue weighted by atomic mass is 32.2. The summed E-state index contributed by atoms with van der Waals surface area (Å²) in [7, 11) is -4.45. The molecule has 2 atom stereocenters. The van der Waals surface area contributed by atoms with E-state index in [9.17, 15) is 31.5 Å². The summed E-state index contributed by atoms with van der Waals surface area (Å²) in [4.78, 5) is 11.4. The fourth-order valence-electron chi connectivity index (χ4n) is 2.53. The summed E-state index contributed by atoms with van der Waals surface area (Å²) in [6.45, 7) is 1.40. The van der Waals surface area contributed by atoms with Crippen LogP contribution in [0, 0.1) is 5.92 Å². The summed E-state index contributed by atoms with van der Waals surface area (Å²) < 4.78 is 60.1. The molecule has 1 fully saturated rings. The minimum atomic E-state index is -4.81. The third kappa shape index (κ3) is 5.98. The molecule has 1 saturated heterocycles. The lowest BCUT2D eigenvalue weighted by atomic mass is 10.1. The van der Waals surface area contributed by atoms with Crippen LogP contribution in [0.15, 0.2) is 29.2 Å². The minimum absolute atomic E-state index is 0.0319. The van der Waals surface area contributed by atoms with Crippen molar-refractivity contribution in [1.29, 1.82) is 0 Å². The number of aliphatic hydroxyl groups excluding tert-OH is 1. The summed E-state index contributed by atoms with van der Waals surface area (Å²) in [5.74, 6) is -2.30. The highest BCUT2D eigenvalue weighted by Crippen LogP contribution is 2.22. The zero-order chi connectivity index (χ0) is 18.7. The summed E-state index contributed by atoms with van der Waals surface area (Å²) >= 11 is 0. The monoisotopic (exact) mass is 380 g/mol. The predicted octanol–water partition coefficient (Wildman–Crippen LogP) is 0.262. The summed E-state index contributed by atoms with van der Waals surface area (Å²) in [5.41, 5.74) is 0.480. The molecule has 2 rings (SSSR count). The van der Waals surface area contributed by atoms with E-state index in [1.165, 1.54) is 12.1 Å². The molecule has 1 aromatic carbocycles. The van der Waals surface area contributed by atoms with E-state index in [2.05, 4.69) is 10.6 Å². The highest BCUT2D eigenvalue weighted by Gasteiger charge is 2.35. The average molecular weight is 380 g/mol. The second kappa shape index (κ2) is 7.71. The topological polar surface area (TPSA) is 95.5 Å². The third-order valence-corrected chi connectivity index (χ3v) is 5.56. The van der Waals surface area contributed by atoms with Crippen LogP contribution in [-0.2, 0) is 21.1 Å². The molecule has 10 heteroatoms. The van der Waals surface area contributed by atoms with E-state index in [4.69, 9.17) is 0 Å². The van der Waals surface area contributed by atoms with Gasteiger partial charge in [-0.3, -0.25) is 4.79 Å². The maximum absolute atomic E-state index is 12.3. The first kappa shape index (κ1) is 19.7.